The molecule has 0 radical (unpaired) electrons. The van der Waals surface area contributed by atoms with Gasteiger partial charge in [0.05, 0.1) is 5.60 Å². The van der Waals surface area contributed by atoms with Gasteiger partial charge in [-0.2, -0.15) is 0 Å². The molecule has 0 unspecified atom stereocenters. The Labute approximate surface area is 113 Å². The molecule has 3 N–H and O–H groups in total. The van der Waals surface area contributed by atoms with E-state index in [2.05, 4.69) is 11.8 Å². The van der Waals surface area contributed by atoms with Gasteiger partial charge in [-0.3, -0.25) is 4.90 Å². The summed E-state index contributed by atoms with van der Waals surface area (Å²) in [5.41, 5.74) is 5.74. The van der Waals surface area contributed by atoms with Crippen molar-refractivity contribution in [3.63, 3.8) is 0 Å². The summed E-state index contributed by atoms with van der Waals surface area (Å²) in [6.45, 7) is 8.85. The number of hydrogen-bond acceptors (Lipinski definition) is 3. The molecule has 1 aliphatic carbocycles. The van der Waals surface area contributed by atoms with Gasteiger partial charge < -0.3 is 10.8 Å². The molecule has 1 rings (SSSR count). The molecule has 0 heterocycles. The maximum atomic E-state index is 9.93. The van der Waals surface area contributed by atoms with E-state index in [9.17, 15) is 5.11 Å². The van der Waals surface area contributed by atoms with E-state index in [0.717, 1.165) is 32.5 Å². The van der Waals surface area contributed by atoms with E-state index in [-0.39, 0.29) is 5.54 Å². The number of aliphatic hydroxyl groups is 1. The Morgan fingerprint density at radius 3 is 2.22 bits per heavy atom. The molecule has 0 saturated heterocycles. The predicted octanol–water partition coefficient (Wildman–Crippen LogP) is 2.52. The summed E-state index contributed by atoms with van der Waals surface area (Å²) in [6, 6.07) is 0. The Hall–Kier alpha value is -0.120. The van der Waals surface area contributed by atoms with Gasteiger partial charge >= 0.3 is 0 Å². The molecule has 0 aromatic rings. The first-order valence-electron chi connectivity index (χ1n) is 7.61. The van der Waals surface area contributed by atoms with Crippen molar-refractivity contribution in [3.8, 4) is 0 Å². The third-order valence-electron chi connectivity index (χ3n) is 4.32. The molecular weight excluding hydrogens is 224 g/mol. The van der Waals surface area contributed by atoms with Gasteiger partial charge in [0.25, 0.3) is 0 Å². The van der Waals surface area contributed by atoms with Crippen molar-refractivity contribution in [2.75, 3.05) is 19.6 Å². The zero-order valence-electron chi connectivity index (χ0n) is 12.5. The van der Waals surface area contributed by atoms with Crippen LogP contribution in [0.5, 0.6) is 0 Å². The first-order chi connectivity index (χ1) is 8.43. The van der Waals surface area contributed by atoms with E-state index >= 15 is 0 Å². The topological polar surface area (TPSA) is 49.5 Å². The quantitative estimate of drug-likeness (QED) is 0.736. The van der Waals surface area contributed by atoms with Crippen molar-refractivity contribution in [1.82, 2.24) is 4.90 Å². The van der Waals surface area contributed by atoms with E-state index in [1.807, 2.05) is 13.8 Å². The van der Waals surface area contributed by atoms with Crippen LogP contribution >= 0.6 is 0 Å². The molecule has 0 aromatic carbocycles. The summed E-state index contributed by atoms with van der Waals surface area (Å²) in [5.74, 6) is 0. The normalized spacial score (nSPS) is 20.3. The van der Waals surface area contributed by atoms with Gasteiger partial charge in [0, 0.05) is 18.6 Å². The van der Waals surface area contributed by atoms with Crippen LogP contribution in [0.15, 0.2) is 0 Å². The largest absolute Gasteiger partial charge is 0.390 e. The average molecular weight is 256 g/mol. The lowest BCUT2D eigenvalue weighted by atomic mass is 9.79. The highest BCUT2D eigenvalue weighted by Gasteiger charge is 2.36. The lowest BCUT2D eigenvalue weighted by Crippen LogP contribution is -2.56. The average Bonchev–Trinajstić information content (AvgIpc) is 2.34. The van der Waals surface area contributed by atoms with E-state index in [0.29, 0.717) is 0 Å². The van der Waals surface area contributed by atoms with Gasteiger partial charge in [-0.25, -0.2) is 0 Å². The fourth-order valence-electron chi connectivity index (χ4n) is 3.12. The molecular formula is C15H32N2O. The van der Waals surface area contributed by atoms with Crippen LogP contribution in [0.3, 0.4) is 0 Å². The Kier molecular flexibility index (Phi) is 6.09. The molecule has 1 fully saturated rings. The van der Waals surface area contributed by atoms with Crippen molar-refractivity contribution in [2.45, 2.75) is 76.9 Å². The third-order valence-corrected chi connectivity index (χ3v) is 4.32. The molecule has 3 nitrogen and oxygen atoms in total. The maximum Gasteiger partial charge on any atom is 0.0603 e. The first-order valence-corrected chi connectivity index (χ1v) is 7.61. The number of rotatable bonds is 7. The van der Waals surface area contributed by atoms with Gasteiger partial charge in [-0.15, -0.1) is 0 Å². The van der Waals surface area contributed by atoms with Crippen LogP contribution < -0.4 is 5.73 Å². The summed E-state index contributed by atoms with van der Waals surface area (Å²) >= 11 is 0. The minimum atomic E-state index is -0.573. The minimum Gasteiger partial charge on any atom is -0.390 e. The van der Waals surface area contributed by atoms with Gasteiger partial charge in [-0.05, 0) is 46.1 Å². The molecule has 1 saturated carbocycles. The number of hydrogen-bond donors (Lipinski definition) is 2. The predicted molar refractivity (Wildman–Crippen MR) is 77.6 cm³/mol. The van der Waals surface area contributed by atoms with Crippen LogP contribution in [0.25, 0.3) is 0 Å². The van der Waals surface area contributed by atoms with Crippen molar-refractivity contribution >= 4 is 0 Å². The molecule has 0 bridgehead atoms. The fraction of sp³-hybridized carbons (Fsp3) is 1.00. The fourth-order valence-corrected chi connectivity index (χ4v) is 3.12. The highest BCUT2D eigenvalue weighted by Crippen LogP contribution is 2.33. The van der Waals surface area contributed by atoms with Crippen molar-refractivity contribution in [1.29, 1.82) is 0 Å². The zero-order chi connectivity index (χ0) is 13.6. The SMILES string of the molecule is CCCN(CCC(C)(C)O)C1(CN)CCCCC1. The monoisotopic (exact) mass is 256 g/mol. The highest BCUT2D eigenvalue weighted by atomic mass is 16.3. The molecule has 0 amide bonds. The number of nitrogens with two attached hydrogens (primary N) is 1. The zero-order valence-corrected chi connectivity index (χ0v) is 12.5. The summed E-state index contributed by atoms with van der Waals surface area (Å²) in [5, 5.41) is 9.93. The summed E-state index contributed by atoms with van der Waals surface area (Å²) in [6.07, 6.45) is 8.42. The Morgan fingerprint density at radius 1 is 1.17 bits per heavy atom. The minimum absolute atomic E-state index is 0.208. The molecule has 108 valence electrons. The molecule has 3 heteroatoms. The lowest BCUT2D eigenvalue weighted by molar-refractivity contribution is 0.0149. The van der Waals surface area contributed by atoms with Crippen LogP contribution in [0, 0.1) is 0 Å². The lowest BCUT2D eigenvalue weighted by Gasteiger charge is -2.46. The van der Waals surface area contributed by atoms with Crippen LogP contribution in [-0.2, 0) is 0 Å². The first kappa shape index (κ1) is 15.9. The summed E-state index contributed by atoms with van der Waals surface area (Å²) in [7, 11) is 0. The van der Waals surface area contributed by atoms with Crippen LogP contribution in [0.4, 0.5) is 0 Å². The second-order valence-electron chi connectivity index (χ2n) is 6.54. The second-order valence-corrected chi connectivity index (χ2v) is 6.54. The van der Waals surface area contributed by atoms with Crippen molar-refractivity contribution in [3.05, 3.63) is 0 Å². The van der Waals surface area contributed by atoms with E-state index in [4.69, 9.17) is 5.73 Å². The third kappa shape index (κ3) is 4.52. The molecule has 0 aromatic heterocycles. The van der Waals surface area contributed by atoms with E-state index in [1.54, 1.807) is 0 Å². The van der Waals surface area contributed by atoms with Crippen LogP contribution in [0.1, 0.15) is 65.7 Å². The maximum absolute atomic E-state index is 9.93. The summed E-state index contributed by atoms with van der Waals surface area (Å²) in [4.78, 5) is 2.56. The van der Waals surface area contributed by atoms with Gasteiger partial charge in [0.1, 0.15) is 0 Å². The van der Waals surface area contributed by atoms with Crippen LogP contribution in [0.2, 0.25) is 0 Å². The Morgan fingerprint density at radius 2 is 1.78 bits per heavy atom. The Balaban J connectivity index is 2.67. The molecule has 18 heavy (non-hydrogen) atoms. The van der Waals surface area contributed by atoms with Gasteiger partial charge in [0.15, 0.2) is 0 Å². The molecule has 0 spiro atoms. The number of nitrogens with zero attached hydrogens (tertiary/aromatic N) is 1. The van der Waals surface area contributed by atoms with E-state index < -0.39 is 5.60 Å². The standard InChI is InChI=1S/C15H32N2O/c1-4-11-17(12-10-14(2,3)18)15(13-16)8-6-5-7-9-15/h18H,4-13,16H2,1-3H3. The second kappa shape index (κ2) is 6.88. The molecule has 1 aliphatic rings. The Bertz CT molecular complexity index is 229. The summed E-state index contributed by atoms with van der Waals surface area (Å²) < 4.78 is 0. The molecule has 0 aliphatic heterocycles. The molecule has 0 atom stereocenters. The van der Waals surface area contributed by atoms with Crippen LogP contribution in [-0.4, -0.2) is 40.8 Å². The van der Waals surface area contributed by atoms with Crippen molar-refractivity contribution < 1.29 is 5.11 Å². The highest BCUT2D eigenvalue weighted by molar-refractivity contribution is 4.94. The van der Waals surface area contributed by atoms with Gasteiger partial charge in [0.2, 0.25) is 0 Å². The van der Waals surface area contributed by atoms with Gasteiger partial charge in [-0.1, -0.05) is 26.2 Å². The smallest absolute Gasteiger partial charge is 0.0603 e. The van der Waals surface area contributed by atoms with E-state index in [1.165, 1.54) is 32.1 Å². The van der Waals surface area contributed by atoms with Crippen molar-refractivity contribution in [2.24, 2.45) is 5.73 Å².